The summed E-state index contributed by atoms with van der Waals surface area (Å²) in [5.74, 6) is -0.550. The van der Waals surface area contributed by atoms with Crippen molar-refractivity contribution in [1.82, 2.24) is 0 Å². The van der Waals surface area contributed by atoms with E-state index >= 15 is 0 Å². The van der Waals surface area contributed by atoms with Gasteiger partial charge < -0.3 is 19.3 Å². The Kier molecular flexibility index (Phi) is 4.91. The molecule has 132 valence electrons. The van der Waals surface area contributed by atoms with Gasteiger partial charge in [0.2, 0.25) is 0 Å². The average molecular weight is 337 g/mol. The number of carbonyl (C=O) groups excluding carboxylic acids is 1. The van der Waals surface area contributed by atoms with Crippen molar-refractivity contribution in [2.75, 3.05) is 19.5 Å². The van der Waals surface area contributed by atoms with Gasteiger partial charge in [-0.1, -0.05) is 0 Å². The van der Waals surface area contributed by atoms with Crippen LogP contribution in [0.25, 0.3) is 0 Å². The molecule has 7 heteroatoms. The molecule has 1 aromatic carbocycles. The van der Waals surface area contributed by atoms with Crippen molar-refractivity contribution in [2.45, 2.75) is 38.7 Å². The van der Waals surface area contributed by atoms with Crippen molar-refractivity contribution < 1.29 is 28.9 Å². The maximum atomic E-state index is 12.1. The first-order valence-corrected chi connectivity index (χ1v) is 7.65. The van der Waals surface area contributed by atoms with Crippen LogP contribution in [0.5, 0.6) is 11.5 Å². The fraction of sp³-hybridized carbons (Fsp3) is 0.529. The quantitative estimate of drug-likeness (QED) is 0.856. The Balaban J connectivity index is 2.33. The van der Waals surface area contributed by atoms with Crippen LogP contribution in [0.4, 0.5) is 10.5 Å². The summed E-state index contributed by atoms with van der Waals surface area (Å²) in [6.07, 6.45) is -0.0862. The number of methoxy groups -OCH3 is 2. The van der Waals surface area contributed by atoms with Gasteiger partial charge in [0.15, 0.2) is 11.5 Å². The SMILES string of the molecule is COc1cc(NC(=O)OC(C)(C)C)c([C@@H]2C[C@H]2C(=O)O)cc1OC. The molecule has 1 aliphatic rings. The van der Waals surface area contributed by atoms with Crippen LogP contribution in [0, 0.1) is 5.92 Å². The van der Waals surface area contributed by atoms with Crippen molar-refractivity contribution in [3.05, 3.63) is 17.7 Å². The Morgan fingerprint density at radius 3 is 2.21 bits per heavy atom. The topological polar surface area (TPSA) is 94.1 Å². The molecule has 1 aromatic rings. The lowest BCUT2D eigenvalue weighted by atomic mass is 10.1. The molecule has 1 saturated carbocycles. The molecule has 1 amide bonds. The molecule has 7 nitrogen and oxygen atoms in total. The van der Waals surface area contributed by atoms with Crippen LogP contribution in [0.2, 0.25) is 0 Å². The van der Waals surface area contributed by atoms with E-state index in [4.69, 9.17) is 19.3 Å². The Labute approximate surface area is 140 Å². The van der Waals surface area contributed by atoms with E-state index in [1.54, 1.807) is 32.9 Å². The predicted molar refractivity (Wildman–Crippen MR) is 87.9 cm³/mol. The highest BCUT2D eigenvalue weighted by molar-refractivity contribution is 5.88. The van der Waals surface area contributed by atoms with Crippen LogP contribution in [-0.2, 0) is 9.53 Å². The number of benzene rings is 1. The molecule has 0 heterocycles. The fourth-order valence-electron chi connectivity index (χ4n) is 2.53. The van der Waals surface area contributed by atoms with Gasteiger partial charge in [0.05, 0.1) is 25.8 Å². The van der Waals surface area contributed by atoms with E-state index in [0.29, 0.717) is 29.2 Å². The Bertz CT molecular complexity index is 649. The normalized spacial score (nSPS) is 19.4. The molecule has 2 atom stereocenters. The van der Waals surface area contributed by atoms with Crippen LogP contribution in [-0.4, -0.2) is 37.0 Å². The monoisotopic (exact) mass is 337 g/mol. The third kappa shape index (κ3) is 4.10. The molecule has 1 aliphatic carbocycles. The van der Waals surface area contributed by atoms with Crippen molar-refractivity contribution in [3.8, 4) is 11.5 Å². The van der Waals surface area contributed by atoms with E-state index in [0.717, 1.165) is 0 Å². The van der Waals surface area contributed by atoms with Gasteiger partial charge in [0.1, 0.15) is 5.60 Å². The number of amides is 1. The van der Waals surface area contributed by atoms with Crippen LogP contribution in [0.15, 0.2) is 12.1 Å². The Hall–Kier alpha value is -2.44. The highest BCUT2D eigenvalue weighted by Gasteiger charge is 2.45. The lowest BCUT2D eigenvalue weighted by Crippen LogP contribution is -2.27. The van der Waals surface area contributed by atoms with E-state index in [1.807, 2.05) is 0 Å². The summed E-state index contributed by atoms with van der Waals surface area (Å²) in [4.78, 5) is 23.2. The van der Waals surface area contributed by atoms with Crippen molar-refractivity contribution in [2.24, 2.45) is 5.92 Å². The first kappa shape index (κ1) is 17.9. The highest BCUT2D eigenvalue weighted by Crippen LogP contribution is 2.52. The van der Waals surface area contributed by atoms with Crippen molar-refractivity contribution in [1.29, 1.82) is 0 Å². The summed E-state index contributed by atoms with van der Waals surface area (Å²) >= 11 is 0. The summed E-state index contributed by atoms with van der Waals surface area (Å²) in [5, 5.41) is 11.9. The van der Waals surface area contributed by atoms with E-state index < -0.39 is 23.6 Å². The summed E-state index contributed by atoms with van der Waals surface area (Å²) < 4.78 is 15.8. The maximum absolute atomic E-state index is 12.1. The number of hydrogen-bond acceptors (Lipinski definition) is 5. The molecule has 0 aliphatic heterocycles. The second-order valence-electron chi connectivity index (χ2n) is 6.71. The van der Waals surface area contributed by atoms with Gasteiger partial charge in [0, 0.05) is 12.0 Å². The molecular formula is C17H23NO6. The highest BCUT2D eigenvalue weighted by atomic mass is 16.6. The average Bonchev–Trinajstić information content (AvgIpc) is 3.25. The van der Waals surface area contributed by atoms with Gasteiger partial charge in [-0.2, -0.15) is 0 Å². The number of carboxylic acids is 1. The first-order valence-electron chi connectivity index (χ1n) is 7.65. The van der Waals surface area contributed by atoms with Gasteiger partial charge >= 0.3 is 12.1 Å². The molecule has 0 unspecified atom stereocenters. The number of anilines is 1. The van der Waals surface area contributed by atoms with Crippen LogP contribution in [0.3, 0.4) is 0 Å². The number of hydrogen-bond donors (Lipinski definition) is 2. The van der Waals surface area contributed by atoms with Crippen LogP contribution >= 0.6 is 0 Å². The van der Waals surface area contributed by atoms with Crippen LogP contribution in [0.1, 0.15) is 38.7 Å². The second-order valence-corrected chi connectivity index (χ2v) is 6.71. The third-order valence-electron chi connectivity index (χ3n) is 3.70. The van der Waals surface area contributed by atoms with E-state index in [1.165, 1.54) is 14.2 Å². The van der Waals surface area contributed by atoms with E-state index in [2.05, 4.69) is 5.32 Å². The standard InChI is InChI=1S/C17H23NO6/c1-17(2,3)24-16(21)18-12-8-14(23-5)13(22-4)7-10(12)9-6-11(9)15(19)20/h7-9,11H,6H2,1-5H3,(H,18,21)(H,19,20)/t9-,11+/m0/s1. The van der Waals surface area contributed by atoms with Crippen LogP contribution < -0.4 is 14.8 Å². The fourth-order valence-corrected chi connectivity index (χ4v) is 2.53. The van der Waals surface area contributed by atoms with Gasteiger partial charge in [-0.3, -0.25) is 10.1 Å². The second kappa shape index (κ2) is 6.59. The van der Waals surface area contributed by atoms with Gasteiger partial charge in [-0.15, -0.1) is 0 Å². The van der Waals surface area contributed by atoms with Crippen molar-refractivity contribution in [3.63, 3.8) is 0 Å². The zero-order valence-electron chi connectivity index (χ0n) is 14.5. The number of ether oxygens (including phenoxy) is 3. The molecule has 0 radical (unpaired) electrons. The Morgan fingerprint density at radius 1 is 1.17 bits per heavy atom. The lowest BCUT2D eigenvalue weighted by Gasteiger charge is -2.21. The molecule has 24 heavy (non-hydrogen) atoms. The number of carbonyl (C=O) groups is 2. The summed E-state index contributed by atoms with van der Waals surface area (Å²) in [7, 11) is 3.00. The minimum atomic E-state index is -0.849. The molecule has 0 bridgehead atoms. The predicted octanol–water partition coefficient (Wildman–Crippen LogP) is 3.24. The minimum absolute atomic E-state index is 0.174. The number of nitrogens with one attached hydrogen (secondary N) is 1. The number of aliphatic carboxylic acids is 1. The molecular weight excluding hydrogens is 314 g/mol. The first-order chi connectivity index (χ1) is 11.2. The smallest absolute Gasteiger partial charge is 0.412 e. The molecule has 0 saturated heterocycles. The summed E-state index contributed by atoms with van der Waals surface area (Å²) in [6.45, 7) is 5.30. The summed E-state index contributed by atoms with van der Waals surface area (Å²) in [5.41, 5.74) is 0.533. The zero-order valence-corrected chi connectivity index (χ0v) is 14.5. The zero-order chi connectivity index (χ0) is 18.1. The minimum Gasteiger partial charge on any atom is -0.493 e. The molecule has 0 spiro atoms. The number of carboxylic acid groups (broad SMARTS) is 1. The largest absolute Gasteiger partial charge is 0.493 e. The molecule has 0 aromatic heterocycles. The molecule has 2 N–H and O–H groups in total. The van der Waals surface area contributed by atoms with E-state index in [9.17, 15) is 9.59 Å². The van der Waals surface area contributed by atoms with Gasteiger partial charge in [0.25, 0.3) is 0 Å². The maximum Gasteiger partial charge on any atom is 0.412 e. The summed E-state index contributed by atoms with van der Waals surface area (Å²) in [6, 6.07) is 3.33. The van der Waals surface area contributed by atoms with Crippen molar-refractivity contribution >= 4 is 17.7 Å². The molecule has 1 fully saturated rings. The Morgan fingerprint density at radius 2 is 1.75 bits per heavy atom. The van der Waals surface area contributed by atoms with E-state index in [-0.39, 0.29) is 5.92 Å². The van der Waals surface area contributed by atoms with Gasteiger partial charge in [-0.05, 0) is 38.8 Å². The lowest BCUT2D eigenvalue weighted by molar-refractivity contribution is -0.138. The number of rotatable bonds is 5. The molecule has 2 rings (SSSR count). The van der Waals surface area contributed by atoms with Gasteiger partial charge in [-0.25, -0.2) is 4.79 Å². The third-order valence-corrected chi connectivity index (χ3v) is 3.70.